The average molecular weight is 143 g/mol. The molecule has 0 radical (unpaired) electrons. The molecule has 1 aliphatic heterocycles. The molecular weight excluding hydrogens is 138 g/mol. The zero-order valence-electron chi connectivity index (χ0n) is 4.90. The van der Waals surface area contributed by atoms with E-state index in [1.54, 1.807) is 0 Å². The van der Waals surface area contributed by atoms with Crippen LogP contribution in [0.25, 0.3) is 0 Å². The molecule has 0 amide bonds. The Hall–Kier alpha value is -1.23. The molecule has 1 saturated heterocycles. The fourth-order valence-corrected chi connectivity index (χ4v) is 0.665. The lowest BCUT2D eigenvalue weighted by molar-refractivity contribution is -0.157. The van der Waals surface area contributed by atoms with E-state index in [9.17, 15) is 9.59 Å². The Kier molecular flexibility index (Phi) is 1.50. The summed E-state index contributed by atoms with van der Waals surface area (Å²) in [4.78, 5) is 20.9. The molecule has 0 saturated carbocycles. The second kappa shape index (κ2) is 2.18. The molecule has 2 N–H and O–H groups in total. The van der Waals surface area contributed by atoms with Crippen molar-refractivity contribution in [2.45, 2.75) is 6.29 Å². The Morgan fingerprint density at radius 1 is 1.60 bits per heavy atom. The van der Waals surface area contributed by atoms with Gasteiger partial charge in [0.2, 0.25) is 6.29 Å². The maximum Gasteiger partial charge on any atom is 0.377 e. The van der Waals surface area contributed by atoms with E-state index in [0.717, 1.165) is 0 Å². The molecule has 5 heteroatoms. The van der Waals surface area contributed by atoms with Crippen LogP contribution in [0, 0.1) is 11.3 Å². The Bertz CT molecular complexity index is 200. The number of cyclic esters (lactones) is 1. The molecule has 1 rings (SSSR count). The van der Waals surface area contributed by atoms with Crippen molar-refractivity contribution >= 4 is 18.0 Å². The number of esters is 1. The first kappa shape index (κ1) is 6.88. The number of ether oxygens (including phenoxy) is 1. The molecule has 0 aromatic rings. The van der Waals surface area contributed by atoms with Gasteiger partial charge in [-0.2, -0.15) is 0 Å². The quantitative estimate of drug-likeness (QED) is 0.271. The van der Waals surface area contributed by atoms with Gasteiger partial charge in [0, 0.05) is 6.21 Å². The average Bonchev–Trinajstić information content (AvgIpc) is 2.09. The Labute approximate surface area is 56.1 Å². The Balaban J connectivity index is 2.83. The van der Waals surface area contributed by atoms with Crippen LogP contribution in [-0.4, -0.2) is 29.4 Å². The van der Waals surface area contributed by atoms with Crippen LogP contribution >= 0.6 is 0 Å². The van der Waals surface area contributed by atoms with Gasteiger partial charge in [0.1, 0.15) is 5.92 Å². The number of ketones is 1. The lowest BCUT2D eigenvalue weighted by Crippen LogP contribution is -2.21. The second-order valence-corrected chi connectivity index (χ2v) is 1.85. The van der Waals surface area contributed by atoms with Crippen molar-refractivity contribution in [1.82, 2.24) is 0 Å². The summed E-state index contributed by atoms with van der Waals surface area (Å²) < 4.78 is 4.09. The van der Waals surface area contributed by atoms with Crippen molar-refractivity contribution in [2.24, 2.45) is 5.92 Å². The summed E-state index contributed by atoms with van der Waals surface area (Å²) in [5.41, 5.74) is 0. The van der Waals surface area contributed by atoms with Crippen LogP contribution in [0.2, 0.25) is 0 Å². The highest BCUT2D eigenvalue weighted by Crippen LogP contribution is 2.13. The fourth-order valence-electron chi connectivity index (χ4n) is 0.665. The summed E-state index contributed by atoms with van der Waals surface area (Å²) in [5.74, 6) is -3.03. The minimum absolute atomic E-state index is 0.692. The number of nitrogens with one attached hydrogen (secondary N) is 1. The van der Waals surface area contributed by atoms with Crippen LogP contribution < -0.4 is 0 Å². The smallest absolute Gasteiger partial charge is 0.377 e. The summed E-state index contributed by atoms with van der Waals surface area (Å²) >= 11 is 0. The van der Waals surface area contributed by atoms with Crippen LogP contribution in [0.4, 0.5) is 0 Å². The zero-order valence-corrected chi connectivity index (χ0v) is 4.90. The van der Waals surface area contributed by atoms with Gasteiger partial charge in [0.25, 0.3) is 5.78 Å². The van der Waals surface area contributed by atoms with Crippen molar-refractivity contribution in [1.29, 1.82) is 5.41 Å². The van der Waals surface area contributed by atoms with Crippen LogP contribution in [-0.2, 0) is 14.3 Å². The van der Waals surface area contributed by atoms with E-state index in [0.29, 0.717) is 6.21 Å². The number of rotatable bonds is 1. The first-order valence-corrected chi connectivity index (χ1v) is 2.60. The SMILES string of the molecule is N=CC1C(=O)C(=O)OC1O. The lowest BCUT2D eigenvalue weighted by atomic mass is 10.1. The van der Waals surface area contributed by atoms with Gasteiger partial charge in [-0.15, -0.1) is 0 Å². The monoisotopic (exact) mass is 143 g/mol. The third-order valence-electron chi connectivity index (χ3n) is 1.22. The van der Waals surface area contributed by atoms with Crippen molar-refractivity contribution < 1.29 is 19.4 Å². The molecule has 0 aliphatic carbocycles. The molecule has 0 aromatic heterocycles. The van der Waals surface area contributed by atoms with E-state index in [-0.39, 0.29) is 0 Å². The maximum atomic E-state index is 10.6. The largest absolute Gasteiger partial charge is 0.429 e. The van der Waals surface area contributed by atoms with Crippen LogP contribution in [0.5, 0.6) is 0 Å². The molecule has 1 fully saturated rings. The number of hydrogen-bond acceptors (Lipinski definition) is 5. The maximum absolute atomic E-state index is 10.6. The summed E-state index contributed by atoms with van der Waals surface area (Å²) in [5, 5.41) is 15.3. The molecule has 2 unspecified atom stereocenters. The van der Waals surface area contributed by atoms with Crippen molar-refractivity contribution in [3.05, 3.63) is 0 Å². The van der Waals surface area contributed by atoms with E-state index in [2.05, 4.69) is 4.74 Å². The van der Waals surface area contributed by atoms with Crippen molar-refractivity contribution in [3.63, 3.8) is 0 Å². The summed E-state index contributed by atoms with van der Waals surface area (Å²) in [6.45, 7) is 0. The highest BCUT2D eigenvalue weighted by Gasteiger charge is 2.41. The lowest BCUT2D eigenvalue weighted by Gasteiger charge is -2.01. The molecule has 0 bridgehead atoms. The molecule has 1 aliphatic rings. The van der Waals surface area contributed by atoms with Crippen LogP contribution in [0.3, 0.4) is 0 Å². The van der Waals surface area contributed by atoms with E-state index in [1.165, 1.54) is 0 Å². The van der Waals surface area contributed by atoms with E-state index < -0.39 is 24.0 Å². The van der Waals surface area contributed by atoms with Crippen molar-refractivity contribution in [3.8, 4) is 0 Å². The number of aliphatic hydroxyl groups is 1. The zero-order chi connectivity index (χ0) is 7.72. The highest BCUT2D eigenvalue weighted by atomic mass is 16.6. The van der Waals surface area contributed by atoms with Crippen LogP contribution in [0.1, 0.15) is 0 Å². The molecule has 0 spiro atoms. The summed E-state index contributed by atoms with van der Waals surface area (Å²) in [6.07, 6.45) is -0.768. The fraction of sp³-hybridized carbons (Fsp3) is 0.400. The second-order valence-electron chi connectivity index (χ2n) is 1.85. The first-order valence-electron chi connectivity index (χ1n) is 2.60. The molecule has 0 aromatic carbocycles. The third kappa shape index (κ3) is 0.801. The minimum Gasteiger partial charge on any atom is -0.429 e. The van der Waals surface area contributed by atoms with Crippen LogP contribution in [0.15, 0.2) is 0 Å². The minimum atomic E-state index is -1.46. The molecule has 54 valence electrons. The van der Waals surface area contributed by atoms with Gasteiger partial charge in [-0.25, -0.2) is 4.79 Å². The van der Waals surface area contributed by atoms with Gasteiger partial charge in [0.15, 0.2) is 0 Å². The molecular formula is C5H5NO4. The molecule has 5 nitrogen and oxygen atoms in total. The molecule has 10 heavy (non-hydrogen) atoms. The van der Waals surface area contributed by atoms with E-state index >= 15 is 0 Å². The molecule has 1 heterocycles. The normalized spacial score (nSPS) is 32.1. The van der Waals surface area contributed by atoms with Gasteiger partial charge in [-0.3, -0.25) is 4.79 Å². The highest BCUT2D eigenvalue weighted by molar-refractivity contribution is 6.39. The van der Waals surface area contributed by atoms with Gasteiger partial charge in [-0.05, 0) is 0 Å². The summed E-state index contributed by atoms with van der Waals surface area (Å²) in [6, 6.07) is 0. The third-order valence-corrected chi connectivity index (χ3v) is 1.22. The van der Waals surface area contributed by atoms with Crippen molar-refractivity contribution in [2.75, 3.05) is 0 Å². The number of carbonyl (C=O) groups excluding carboxylic acids is 2. The number of hydrogen-bond donors (Lipinski definition) is 2. The Morgan fingerprint density at radius 2 is 2.20 bits per heavy atom. The van der Waals surface area contributed by atoms with Gasteiger partial charge < -0.3 is 15.3 Å². The molecule has 2 atom stereocenters. The number of carbonyl (C=O) groups is 2. The number of Topliss-reactive ketones (excluding diaryl/α,β-unsaturated/α-hetero) is 1. The standard InChI is InChI=1S/C5H5NO4/c6-1-2-3(7)5(9)10-4(2)8/h1-2,4,6,8H. The van der Waals surface area contributed by atoms with E-state index in [1.807, 2.05) is 0 Å². The van der Waals surface area contributed by atoms with E-state index in [4.69, 9.17) is 10.5 Å². The van der Waals surface area contributed by atoms with Gasteiger partial charge in [0.05, 0.1) is 0 Å². The van der Waals surface area contributed by atoms with Gasteiger partial charge in [-0.1, -0.05) is 0 Å². The first-order chi connectivity index (χ1) is 4.66. The topological polar surface area (TPSA) is 87.5 Å². The predicted octanol–water partition coefficient (Wildman–Crippen LogP) is -1.30. The number of aliphatic hydroxyl groups excluding tert-OH is 1. The Morgan fingerprint density at radius 3 is 2.40 bits per heavy atom. The van der Waals surface area contributed by atoms with Gasteiger partial charge >= 0.3 is 5.97 Å². The predicted molar refractivity (Wildman–Crippen MR) is 29.4 cm³/mol. The summed E-state index contributed by atoms with van der Waals surface area (Å²) in [7, 11) is 0.